The van der Waals surface area contributed by atoms with E-state index in [1.165, 1.54) is 0 Å². The van der Waals surface area contributed by atoms with Crippen LogP contribution in [0.3, 0.4) is 0 Å². The molecule has 0 amide bonds. The van der Waals surface area contributed by atoms with Crippen LogP contribution in [0.25, 0.3) is 22.3 Å². The number of nitrogens with zero attached hydrogens (tertiary/aromatic N) is 1. The Balaban J connectivity index is 1.37. The second-order valence-corrected chi connectivity index (χ2v) is 13.2. The Kier molecular flexibility index (Phi) is 7.43. The highest BCUT2D eigenvalue weighted by molar-refractivity contribution is 6.24. The summed E-state index contributed by atoms with van der Waals surface area (Å²) in [6.07, 6.45) is 4.19. The minimum Gasteiger partial charge on any atom is -0.508 e. The number of hydrogen-bond donors (Lipinski definition) is 7. The van der Waals surface area contributed by atoms with Crippen LogP contribution in [0, 0.1) is 0 Å². The van der Waals surface area contributed by atoms with Crippen molar-refractivity contribution in [1.82, 2.24) is 15.3 Å². The van der Waals surface area contributed by atoms with Crippen LogP contribution in [0.4, 0.5) is 0 Å². The van der Waals surface area contributed by atoms with Crippen molar-refractivity contribution in [2.45, 2.75) is 19.3 Å². The van der Waals surface area contributed by atoms with E-state index in [4.69, 9.17) is 4.99 Å². The average Bonchev–Trinajstić information content (AvgIpc) is 3.99. The molecular formula is C44H34N4O4. The molecule has 8 nitrogen and oxygen atoms in total. The number of aromatic amines is 2. The molecule has 6 aromatic rings. The van der Waals surface area contributed by atoms with Crippen LogP contribution in [-0.2, 0) is 0 Å². The van der Waals surface area contributed by atoms with Crippen LogP contribution < -0.4 is 16.0 Å². The number of benzene rings is 4. The number of rotatable bonds is 4. The maximum Gasteiger partial charge on any atom is 0.115 e. The van der Waals surface area contributed by atoms with Crippen molar-refractivity contribution >= 4 is 28.0 Å². The Labute approximate surface area is 299 Å². The molecule has 0 radical (unpaired) electrons. The summed E-state index contributed by atoms with van der Waals surface area (Å²) in [7, 11) is 0. The lowest BCUT2D eigenvalue weighted by atomic mass is 9.97. The summed E-state index contributed by atoms with van der Waals surface area (Å²) >= 11 is 0. The first kappa shape index (κ1) is 31.1. The van der Waals surface area contributed by atoms with Gasteiger partial charge in [0, 0.05) is 62.2 Å². The zero-order valence-electron chi connectivity index (χ0n) is 28.0. The van der Waals surface area contributed by atoms with Crippen molar-refractivity contribution in [3.8, 4) is 23.0 Å². The average molecular weight is 683 g/mol. The highest BCUT2D eigenvalue weighted by atomic mass is 16.3. The van der Waals surface area contributed by atoms with E-state index in [1.807, 2.05) is 48.5 Å². The molecule has 0 spiro atoms. The molecule has 0 atom stereocenters. The summed E-state index contributed by atoms with van der Waals surface area (Å²) in [6, 6.07) is 37.2. The Hall–Kier alpha value is -6.93. The maximum atomic E-state index is 10.2. The number of hydrogen-bond acceptors (Lipinski definition) is 6. The van der Waals surface area contributed by atoms with Crippen LogP contribution >= 0.6 is 0 Å². The fourth-order valence-electron chi connectivity index (χ4n) is 7.46. The number of H-pyrrole nitrogens is 2. The molecule has 8 bridgehead atoms. The van der Waals surface area contributed by atoms with E-state index in [0.29, 0.717) is 19.3 Å². The number of allylic oxidation sites excluding steroid dienone is 3. The van der Waals surface area contributed by atoms with E-state index in [9.17, 15) is 20.4 Å². The Morgan fingerprint density at radius 1 is 0.442 bits per heavy atom. The largest absolute Gasteiger partial charge is 0.508 e. The molecule has 0 saturated heterocycles. The summed E-state index contributed by atoms with van der Waals surface area (Å²) in [5.74, 6) is 0.757. The van der Waals surface area contributed by atoms with Crippen LogP contribution in [0.5, 0.6) is 23.0 Å². The third-order valence-electron chi connectivity index (χ3n) is 9.89. The first-order valence-corrected chi connectivity index (χ1v) is 17.2. The molecule has 0 saturated carbocycles. The lowest BCUT2D eigenvalue weighted by molar-refractivity contribution is 0.474. The summed E-state index contributed by atoms with van der Waals surface area (Å²) < 4.78 is 0. The molecule has 52 heavy (non-hydrogen) atoms. The number of aromatic nitrogens is 2. The van der Waals surface area contributed by atoms with Crippen molar-refractivity contribution in [1.29, 1.82) is 0 Å². The molecule has 9 rings (SSSR count). The van der Waals surface area contributed by atoms with Gasteiger partial charge in [-0.1, -0.05) is 54.6 Å². The monoisotopic (exact) mass is 682 g/mol. The van der Waals surface area contributed by atoms with Gasteiger partial charge >= 0.3 is 0 Å². The van der Waals surface area contributed by atoms with Crippen molar-refractivity contribution in [3.63, 3.8) is 0 Å². The lowest BCUT2D eigenvalue weighted by Crippen LogP contribution is -2.22. The van der Waals surface area contributed by atoms with Crippen molar-refractivity contribution in [2.24, 2.45) is 4.99 Å². The van der Waals surface area contributed by atoms with Crippen molar-refractivity contribution in [2.75, 3.05) is 0 Å². The van der Waals surface area contributed by atoms with Crippen molar-refractivity contribution < 1.29 is 20.4 Å². The minimum absolute atomic E-state index is 0.188. The van der Waals surface area contributed by atoms with Gasteiger partial charge in [0.25, 0.3) is 0 Å². The predicted octanol–water partition coefficient (Wildman–Crippen LogP) is 6.91. The molecule has 0 aliphatic carbocycles. The molecule has 7 N–H and O–H groups in total. The fraction of sp³-hybridized carbons (Fsp3) is 0.0682. The van der Waals surface area contributed by atoms with Gasteiger partial charge in [0.2, 0.25) is 0 Å². The van der Waals surface area contributed by atoms with Crippen LogP contribution in [-0.4, -0.2) is 36.1 Å². The zero-order chi connectivity index (χ0) is 35.3. The molecule has 8 heteroatoms. The molecule has 3 aliphatic rings. The highest BCUT2D eigenvalue weighted by Gasteiger charge is 2.26. The number of fused-ring (bicyclic) bond motifs is 7. The Morgan fingerprint density at radius 2 is 0.904 bits per heavy atom. The highest BCUT2D eigenvalue weighted by Crippen LogP contribution is 2.39. The Morgan fingerprint density at radius 3 is 1.46 bits per heavy atom. The molecule has 254 valence electrons. The van der Waals surface area contributed by atoms with Crippen LogP contribution in [0.15, 0.2) is 149 Å². The lowest BCUT2D eigenvalue weighted by Gasteiger charge is -2.16. The number of phenolic OH excluding ortho intramolecular Hbond substituents is 4. The maximum absolute atomic E-state index is 10.2. The second kappa shape index (κ2) is 12.4. The van der Waals surface area contributed by atoms with Gasteiger partial charge in [-0.15, -0.1) is 0 Å². The molecule has 5 heterocycles. The van der Waals surface area contributed by atoms with E-state index >= 15 is 0 Å². The second-order valence-electron chi connectivity index (χ2n) is 13.2. The predicted molar refractivity (Wildman–Crippen MR) is 203 cm³/mol. The molecule has 2 aromatic heterocycles. The summed E-state index contributed by atoms with van der Waals surface area (Å²) in [4.78, 5) is 12.8. The third-order valence-corrected chi connectivity index (χ3v) is 9.89. The molecule has 0 fully saturated rings. The minimum atomic E-state index is 0.188. The first-order valence-electron chi connectivity index (χ1n) is 17.2. The fourth-order valence-corrected chi connectivity index (χ4v) is 7.46. The molecule has 3 aliphatic heterocycles. The van der Waals surface area contributed by atoms with Gasteiger partial charge in [-0.25, -0.2) is 0 Å². The van der Waals surface area contributed by atoms with E-state index in [2.05, 4.69) is 45.6 Å². The van der Waals surface area contributed by atoms with E-state index < -0.39 is 0 Å². The summed E-state index contributed by atoms with van der Waals surface area (Å²) in [5, 5.41) is 46.3. The quantitative estimate of drug-likeness (QED) is 0.108. The normalized spacial score (nSPS) is 15.5. The zero-order valence-corrected chi connectivity index (χ0v) is 28.0. The SMILES string of the molecule is Oc1ccc(C2=C3CCC(=N3)C(c3ccc(O)cc3)=c3ccc([nH]3)=C(c3ccc(O)cc3)C3=CCC(=C(c4ccc(O)cc4)c4ccc2[nH]4)N3)cc1. The van der Waals surface area contributed by atoms with Gasteiger partial charge in [0.05, 0.1) is 11.4 Å². The first-order chi connectivity index (χ1) is 25.4. The number of phenols is 4. The van der Waals surface area contributed by atoms with Gasteiger partial charge in [-0.3, -0.25) is 4.99 Å². The van der Waals surface area contributed by atoms with E-state index in [0.717, 1.165) is 89.4 Å². The summed E-state index contributed by atoms with van der Waals surface area (Å²) in [5.41, 5.74) is 13.0. The Bertz CT molecular complexity index is 2620. The molecule has 0 unspecified atom stereocenters. The van der Waals surface area contributed by atoms with Gasteiger partial charge in [0.15, 0.2) is 0 Å². The number of nitrogens with one attached hydrogen (secondary N) is 3. The smallest absolute Gasteiger partial charge is 0.115 e. The van der Waals surface area contributed by atoms with Gasteiger partial charge < -0.3 is 35.7 Å². The number of aliphatic imine (C=N–C) groups is 1. The van der Waals surface area contributed by atoms with E-state index in [1.54, 1.807) is 48.5 Å². The third kappa shape index (κ3) is 5.56. The van der Waals surface area contributed by atoms with Crippen molar-refractivity contribution in [3.05, 3.63) is 189 Å². The van der Waals surface area contributed by atoms with Gasteiger partial charge in [-0.2, -0.15) is 0 Å². The summed E-state index contributed by atoms with van der Waals surface area (Å²) in [6.45, 7) is 0. The van der Waals surface area contributed by atoms with Crippen LogP contribution in [0.2, 0.25) is 0 Å². The topological polar surface area (TPSA) is 137 Å². The van der Waals surface area contributed by atoms with Crippen LogP contribution in [0.1, 0.15) is 52.9 Å². The standard InChI is InChI=1S/C44H34N4O4/c49-29-9-1-25(2-10-29)41-33-17-19-35(45-33)42(26-3-11-30(50)12-4-26)37-21-23-39(47-37)44(28-7-15-32(52)16-8-28)40-24-22-38(48-40)43(36-20-18-34(41)46-36)27-5-13-31(51)14-6-27/h1-19,22,24,45-46,48-52H,20-21,23H2. The van der Waals surface area contributed by atoms with Gasteiger partial charge in [0.1, 0.15) is 23.0 Å². The molecular weight excluding hydrogens is 649 g/mol. The number of aromatic hydroxyl groups is 4. The van der Waals surface area contributed by atoms with E-state index in [-0.39, 0.29) is 23.0 Å². The van der Waals surface area contributed by atoms with Gasteiger partial charge in [-0.05, 0) is 108 Å². The molecule has 4 aromatic carbocycles.